The van der Waals surface area contributed by atoms with Gasteiger partial charge in [0.2, 0.25) is 0 Å². The predicted molar refractivity (Wildman–Crippen MR) is 73.2 cm³/mol. The van der Waals surface area contributed by atoms with E-state index in [0.717, 1.165) is 31.6 Å². The highest BCUT2D eigenvalue weighted by Crippen LogP contribution is 2.15. The highest BCUT2D eigenvalue weighted by Gasteiger charge is 2.24. The molecule has 5 nitrogen and oxygen atoms in total. The molecule has 1 fully saturated rings. The van der Waals surface area contributed by atoms with Gasteiger partial charge in [0.15, 0.2) is 0 Å². The van der Waals surface area contributed by atoms with Gasteiger partial charge in [0.25, 0.3) is 5.91 Å². The molecule has 0 aliphatic carbocycles. The molecular formula is C14H18N4O. The molecule has 2 aromatic heterocycles. The summed E-state index contributed by atoms with van der Waals surface area (Å²) in [5.74, 6) is 0.0771. The Hall–Kier alpha value is -1.88. The molecule has 2 aromatic rings. The van der Waals surface area contributed by atoms with Gasteiger partial charge in [-0.1, -0.05) is 6.07 Å². The zero-order chi connectivity index (χ0) is 13.2. The van der Waals surface area contributed by atoms with E-state index in [1.807, 2.05) is 40.7 Å². The number of likely N-dealkylation sites (tertiary alicyclic amines) is 1. The largest absolute Gasteiger partial charge is 0.337 e. The van der Waals surface area contributed by atoms with Crippen molar-refractivity contribution in [2.24, 2.45) is 0 Å². The Labute approximate surface area is 112 Å². The van der Waals surface area contributed by atoms with Crippen LogP contribution in [0.3, 0.4) is 0 Å². The van der Waals surface area contributed by atoms with Crippen LogP contribution in [0.1, 0.15) is 23.3 Å². The summed E-state index contributed by atoms with van der Waals surface area (Å²) >= 11 is 0. The van der Waals surface area contributed by atoms with E-state index in [1.165, 1.54) is 0 Å². The lowest BCUT2D eigenvalue weighted by Crippen LogP contribution is -2.44. The molecule has 0 spiro atoms. The van der Waals surface area contributed by atoms with Crippen LogP contribution >= 0.6 is 0 Å². The second kappa shape index (κ2) is 5.01. The zero-order valence-electron chi connectivity index (χ0n) is 11.0. The molecule has 3 rings (SSSR count). The van der Waals surface area contributed by atoms with Crippen molar-refractivity contribution in [2.75, 3.05) is 20.1 Å². The van der Waals surface area contributed by atoms with Crippen LogP contribution in [0.4, 0.5) is 0 Å². The van der Waals surface area contributed by atoms with Crippen molar-refractivity contribution >= 4 is 11.6 Å². The first-order chi connectivity index (χ1) is 9.29. The van der Waals surface area contributed by atoms with Crippen molar-refractivity contribution in [3.8, 4) is 0 Å². The lowest BCUT2D eigenvalue weighted by molar-refractivity contribution is 0.0700. The molecule has 1 N–H and O–H groups in total. The Morgan fingerprint density at radius 1 is 1.37 bits per heavy atom. The average Bonchev–Trinajstić information content (AvgIpc) is 2.90. The van der Waals surface area contributed by atoms with Crippen LogP contribution in [0.15, 0.2) is 30.6 Å². The molecule has 0 atom stereocenters. The fourth-order valence-corrected chi connectivity index (χ4v) is 2.62. The quantitative estimate of drug-likeness (QED) is 0.879. The number of piperidine rings is 1. The van der Waals surface area contributed by atoms with Gasteiger partial charge in [-0.05, 0) is 32.0 Å². The number of imidazole rings is 1. The minimum atomic E-state index is 0.0771. The van der Waals surface area contributed by atoms with Gasteiger partial charge in [-0.25, -0.2) is 4.98 Å². The number of nitrogens with zero attached hydrogens (tertiary/aromatic N) is 3. The number of rotatable bonds is 2. The number of aromatic nitrogens is 2. The third kappa shape index (κ3) is 2.21. The van der Waals surface area contributed by atoms with Crippen LogP contribution < -0.4 is 5.32 Å². The topological polar surface area (TPSA) is 49.6 Å². The number of pyridine rings is 1. The SMILES string of the molecule is CNC1CCN(C(=O)c2cnc3ccccn23)CC1. The molecule has 0 bridgehead atoms. The Kier molecular flexibility index (Phi) is 3.21. The van der Waals surface area contributed by atoms with Crippen molar-refractivity contribution in [2.45, 2.75) is 18.9 Å². The van der Waals surface area contributed by atoms with Gasteiger partial charge in [-0.15, -0.1) is 0 Å². The van der Waals surface area contributed by atoms with E-state index in [1.54, 1.807) is 6.20 Å². The number of carbonyl (C=O) groups is 1. The number of amides is 1. The predicted octanol–water partition coefficient (Wildman–Crippen LogP) is 1.16. The molecule has 1 amide bonds. The van der Waals surface area contributed by atoms with Crippen LogP contribution in [-0.4, -0.2) is 46.4 Å². The summed E-state index contributed by atoms with van der Waals surface area (Å²) in [6, 6.07) is 6.28. The lowest BCUT2D eigenvalue weighted by atomic mass is 10.1. The van der Waals surface area contributed by atoms with E-state index in [9.17, 15) is 4.79 Å². The van der Waals surface area contributed by atoms with E-state index in [0.29, 0.717) is 11.7 Å². The maximum Gasteiger partial charge on any atom is 0.272 e. The number of fused-ring (bicyclic) bond motifs is 1. The number of hydrogen-bond acceptors (Lipinski definition) is 3. The van der Waals surface area contributed by atoms with E-state index in [2.05, 4.69) is 10.3 Å². The molecule has 100 valence electrons. The Bertz CT molecular complexity index is 584. The van der Waals surface area contributed by atoms with Crippen LogP contribution in [-0.2, 0) is 0 Å². The lowest BCUT2D eigenvalue weighted by Gasteiger charge is -2.31. The van der Waals surface area contributed by atoms with Crippen molar-refractivity contribution in [1.29, 1.82) is 0 Å². The van der Waals surface area contributed by atoms with E-state index in [4.69, 9.17) is 0 Å². The second-order valence-electron chi connectivity index (χ2n) is 4.93. The van der Waals surface area contributed by atoms with Crippen LogP contribution in [0.5, 0.6) is 0 Å². The fourth-order valence-electron chi connectivity index (χ4n) is 2.62. The van der Waals surface area contributed by atoms with Crippen LogP contribution in [0.25, 0.3) is 5.65 Å². The van der Waals surface area contributed by atoms with Crippen LogP contribution in [0, 0.1) is 0 Å². The smallest absolute Gasteiger partial charge is 0.272 e. The van der Waals surface area contributed by atoms with Crippen LogP contribution in [0.2, 0.25) is 0 Å². The molecule has 1 aliphatic heterocycles. The number of nitrogens with one attached hydrogen (secondary N) is 1. The third-order valence-electron chi connectivity index (χ3n) is 3.83. The molecule has 1 saturated heterocycles. The van der Waals surface area contributed by atoms with Crippen molar-refractivity contribution in [3.63, 3.8) is 0 Å². The van der Waals surface area contributed by atoms with Crippen molar-refractivity contribution in [3.05, 3.63) is 36.3 Å². The highest BCUT2D eigenvalue weighted by molar-refractivity contribution is 5.93. The Morgan fingerprint density at radius 2 is 2.16 bits per heavy atom. The second-order valence-corrected chi connectivity index (χ2v) is 4.93. The molecular weight excluding hydrogens is 240 g/mol. The van der Waals surface area contributed by atoms with Gasteiger partial charge in [0.05, 0.1) is 6.20 Å². The summed E-state index contributed by atoms with van der Waals surface area (Å²) in [6.07, 6.45) is 5.58. The molecule has 0 unspecified atom stereocenters. The molecule has 3 heterocycles. The van der Waals surface area contributed by atoms with Gasteiger partial charge >= 0.3 is 0 Å². The van der Waals surface area contributed by atoms with Gasteiger partial charge in [-0.2, -0.15) is 0 Å². The van der Waals surface area contributed by atoms with Crippen molar-refractivity contribution in [1.82, 2.24) is 19.6 Å². The normalized spacial score (nSPS) is 17.0. The maximum atomic E-state index is 12.5. The third-order valence-corrected chi connectivity index (χ3v) is 3.83. The molecule has 5 heteroatoms. The minimum absolute atomic E-state index is 0.0771. The van der Waals surface area contributed by atoms with E-state index in [-0.39, 0.29) is 5.91 Å². The van der Waals surface area contributed by atoms with Gasteiger partial charge in [0.1, 0.15) is 11.3 Å². The molecule has 0 saturated carbocycles. The van der Waals surface area contributed by atoms with Gasteiger partial charge < -0.3 is 10.2 Å². The minimum Gasteiger partial charge on any atom is -0.337 e. The summed E-state index contributed by atoms with van der Waals surface area (Å²) in [5, 5.41) is 3.27. The summed E-state index contributed by atoms with van der Waals surface area (Å²) in [6.45, 7) is 1.62. The summed E-state index contributed by atoms with van der Waals surface area (Å²) < 4.78 is 1.85. The Balaban J connectivity index is 1.81. The van der Waals surface area contributed by atoms with Gasteiger partial charge in [-0.3, -0.25) is 9.20 Å². The van der Waals surface area contributed by atoms with Crippen molar-refractivity contribution < 1.29 is 4.79 Å². The molecule has 19 heavy (non-hydrogen) atoms. The monoisotopic (exact) mass is 258 g/mol. The first-order valence-electron chi connectivity index (χ1n) is 6.68. The number of hydrogen-bond donors (Lipinski definition) is 1. The van der Waals surface area contributed by atoms with E-state index < -0.39 is 0 Å². The standard InChI is InChI=1S/C14H18N4O/c1-15-11-5-8-17(9-6-11)14(19)12-10-16-13-4-2-3-7-18(12)13/h2-4,7,10-11,15H,5-6,8-9H2,1H3. The maximum absolute atomic E-state index is 12.5. The Morgan fingerprint density at radius 3 is 2.89 bits per heavy atom. The van der Waals surface area contributed by atoms with E-state index >= 15 is 0 Å². The zero-order valence-corrected chi connectivity index (χ0v) is 11.0. The number of carbonyl (C=O) groups excluding carboxylic acids is 1. The summed E-state index contributed by atoms with van der Waals surface area (Å²) in [7, 11) is 1.98. The first kappa shape index (κ1) is 12.2. The molecule has 1 aliphatic rings. The fraction of sp³-hybridized carbons (Fsp3) is 0.429. The average molecular weight is 258 g/mol. The molecule has 0 radical (unpaired) electrons. The summed E-state index contributed by atoms with van der Waals surface area (Å²) in [4.78, 5) is 18.7. The molecule has 0 aromatic carbocycles. The first-order valence-corrected chi connectivity index (χ1v) is 6.68. The van der Waals surface area contributed by atoms with Gasteiger partial charge in [0, 0.05) is 25.3 Å². The highest BCUT2D eigenvalue weighted by atomic mass is 16.2. The summed E-state index contributed by atoms with van der Waals surface area (Å²) in [5.41, 5.74) is 1.47.